The number of rotatable bonds is 8. The Labute approximate surface area is 131 Å². The van der Waals surface area contributed by atoms with Crippen LogP contribution in [0.5, 0.6) is 5.75 Å². The first-order valence-electron chi connectivity index (χ1n) is 7.46. The molecule has 2 aromatic rings. The summed E-state index contributed by atoms with van der Waals surface area (Å²) >= 11 is 1.73. The molecular weight excluding hydrogens is 280 g/mol. The van der Waals surface area contributed by atoms with E-state index in [2.05, 4.69) is 41.7 Å². The van der Waals surface area contributed by atoms with Gasteiger partial charge in [-0.3, -0.25) is 0 Å². The van der Waals surface area contributed by atoms with E-state index in [9.17, 15) is 0 Å². The molecule has 114 valence electrons. The molecule has 4 heteroatoms. The van der Waals surface area contributed by atoms with Gasteiger partial charge in [0, 0.05) is 11.6 Å². The first-order chi connectivity index (χ1) is 10.2. The summed E-state index contributed by atoms with van der Waals surface area (Å²) in [5.74, 6) is 0.908. The minimum atomic E-state index is -0.0515. The smallest absolute Gasteiger partial charge is 0.118 e. The SMILES string of the molecule is CCCNC(C)(CCc1ccc(OC)cc1)c1nccs1. The summed E-state index contributed by atoms with van der Waals surface area (Å²) in [5, 5.41) is 6.89. The topological polar surface area (TPSA) is 34.1 Å². The lowest BCUT2D eigenvalue weighted by molar-refractivity contribution is 0.339. The maximum Gasteiger partial charge on any atom is 0.118 e. The fraction of sp³-hybridized carbons (Fsp3) is 0.471. The number of aryl methyl sites for hydroxylation is 1. The molecule has 1 aromatic heterocycles. The van der Waals surface area contributed by atoms with Crippen molar-refractivity contribution in [1.29, 1.82) is 0 Å². The Morgan fingerprint density at radius 1 is 1.29 bits per heavy atom. The summed E-state index contributed by atoms with van der Waals surface area (Å²) in [5.41, 5.74) is 1.28. The normalized spacial score (nSPS) is 13.9. The van der Waals surface area contributed by atoms with Crippen LogP contribution in [-0.2, 0) is 12.0 Å². The second-order valence-electron chi connectivity index (χ2n) is 5.44. The molecule has 1 aromatic carbocycles. The molecule has 21 heavy (non-hydrogen) atoms. The van der Waals surface area contributed by atoms with Crippen LogP contribution in [0.4, 0.5) is 0 Å². The van der Waals surface area contributed by atoms with Gasteiger partial charge in [-0.05, 0) is 50.4 Å². The third-order valence-corrected chi connectivity index (χ3v) is 4.78. The van der Waals surface area contributed by atoms with Crippen molar-refractivity contribution in [3.05, 3.63) is 46.4 Å². The predicted octanol–water partition coefficient (Wildman–Crippen LogP) is 4.00. The molecule has 0 bridgehead atoms. The fourth-order valence-corrected chi connectivity index (χ4v) is 3.16. The molecule has 2 rings (SSSR count). The van der Waals surface area contributed by atoms with Crippen molar-refractivity contribution >= 4 is 11.3 Å². The molecule has 0 radical (unpaired) electrons. The second-order valence-corrected chi connectivity index (χ2v) is 6.34. The highest BCUT2D eigenvalue weighted by Crippen LogP contribution is 2.28. The van der Waals surface area contributed by atoms with Crippen LogP contribution < -0.4 is 10.1 Å². The molecule has 1 N–H and O–H groups in total. The van der Waals surface area contributed by atoms with Crippen LogP contribution in [-0.4, -0.2) is 18.6 Å². The third kappa shape index (κ3) is 4.29. The van der Waals surface area contributed by atoms with E-state index >= 15 is 0 Å². The van der Waals surface area contributed by atoms with Crippen molar-refractivity contribution in [3.63, 3.8) is 0 Å². The van der Waals surface area contributed by atoms with Crippen LogP contribution in [0.3, 0.4) is 0 Å². The second kappa shape index (κ2) is 7.57. The van der Waals surface area contributed by atoms with Crippen molar-refractivity contribution in [1.82, 2.24) is 10.3 Å². The zero-order valence-electron chi connectivity index (χ0n) is 13.1. The molecule has 1 unspecified atom stereocenters. The number of methoxy groups -OCH3 is 1. The Balaban J connectivity index is 2.04. The minimum Gasteiger partial charge on any atom is -0.497 e. The van der Waals surface area contributed by atoms with E-state index in [1.807, 2.05) is 18.3 Å². The Kier molecular flexibility index (Phi) is 5.76. The van der Waals surface area contributed by atoms with Crippen LogP contribution in [0.2, 0.25) is 0 Å². The lowest BCUT2D eigenvalue weighted by Gasteiger charge is -2.29. The number of ether oxygens (including phenoxy) is 1. The van der Waals surface area contributed by atoms with Crippen molar-refractivity contribution in [3.8, 4) is 5.75 Å². The number of aromatic nitrogens is 1. The summed E-state index contributed by atoms with van der Waals surface area (Å²) in [6, 6.07) is 8.33. The molecule has 0 aliphatic heterocycles. The van der Waals surface area contributed by atoms with E-state index in [1.165, 1.54) is 10.6 Å². The maximum atomic E-state index is 5.21. The van der Waals surface area contributed by atoms with Crippen LogP contribution in [0.1, 0.15) is 37.3 Å². The summed E-state index contributed by atoms with van der Waals surface area (Å²) in [6.07, 6.45) is 5.08. The largest absolute Gasteiger partial charge is 0.497 e. The highest BCUT2D eigenvalue weighted by atomic mass is 32.1. The molecule has 1 atom stereocenters. The van der Waals surface area contributed by atoms with Gasteiger partial charge in [0.15, 0.2) is 0 Å². The first-order valence-corrected chi connectivity index (χ1v) is 8.34. The highest BCUT2D eigenvalue weighted by molar-refractivity contribution is 7.09. The van der Waals surface area contributed by atoms with Crippen molar-refractivity contribution < 1.29 is 4.74 Å². The number of nitrogens with zero attached hydrogens (tertiary/aromatic N) is 1. The van der Waals surface area contributed by atoms with E-state index < -0.39 is 0 Å². The van der Waals surface area contributed by atoms with Gasteiger partial charge in [0.25, 0.3) is 0 Å². The van der Waals surface area contributed by atoms with Crippen molar-refractivity contribution in [2.75, 3.05) is 13.7 Å². The average Bonchev–Trinajstić information content (AvgIpc) is 3.06. The van der Waals surface area contributed by atoms with Gasteiger partial charge in [0.05, 0.1) is 12.6 Å². The van der Waals surface area contributed by atoms with Crippen LogP contribution in [0.15, 0.2) is 35.8 Å². The molecule has 1 heterocycles. The summed E-state index contributed by atoms with van der Waals surface area (Å²) in [4.78, 5) is 4.52. The Hall–Kier alpha value is -1.39. The van der Waals surface area contributed by atoms with E-state index in [1.54, 1.807) is 18.4 Å². The molecule has 0 spiro atoms. The average molecular weight is 304 g/mol. The number of benzene rings is 1. The fourth-order valence-electron chi connectivity index (χ4n) is 2.35. The molecule has 0 aliphatic carbocycles. The van der Waals surface area contributed by atoms with Crippen molar-refractivity contribution in [2.24, 2.45) is 0 Å². The van der Waals surface area contributed by atoms with E-state index in [0.29, 0.717) is 0 Å². The number of nitrogens with one attached hydrogen (secondary N) is 1. The summed E-state index contributed by atoms with van der Waals surface area (Å²) in [6.45, 7) is 5.46. The predicted molar refractivity (Wildman–Crippen MR) is 89.1 cm³/mol. The van der Waals surface area contributed by atoms with E-state index in [4.69, 9.17) is 4.74 Å². The van der Waals surface area contributed by atoms with E-state index in [-0.39, 0.29) is 5.54 Å². The van der Waals surface area contributed by atoms with Crippen molar-refractivity contribution in [2.45, 2.75) is 38.6 Å². The Morgan fingerprint density at radius 2 is 2.05 bits per heavy atom. The zero-order chi connectivity index (χ0) is 15.1. The molecule has 0 aliphatic rings. The number of thiazole rings is 1. The van der Waals surface area contributed by atoms with Gasteiger partial charge in [-0.15, -0.1) is 11.3 Å². The zero-order valence-corrected chi connectivity index (χ0v) is 13.9. The lowest BCUT2D eigenvalue weighted by atomic mass is 9.93. The number of hydrogen-bond donors (Lipinski definition) is 1. The van der Waals surface area contributed by atoms with Gasteiger partial charge >= 0.3 is 0 Å². The maximum absolute atomic E-state index is 5.21. The van der Waals surface area contributed by atoms with E-state index in [0.717, 1.165) is 31.6 Å². The monoisotopic (exact) mass is 304 g/mol. The first kappa shape index (κ1) is 16.0. The molecule has 0 saturated heterocycles. The standard InChI is InChI=1S/C17H24N2OS/c1-4-11-19-17(2,16-18-12-13-21-16)10-9-14-5-7-15(20-3)8-6-14/h5-8,12-13,19H,4,9-11H2,1-3H3. The van der Waals surface area contributed by atoms with Gasteiger partial charge in [0.2, 0.25) is 0 Å². The van der Waals surface area contributed by atoms with Gasteiger partial charge in [0.1, 0.15) is 10.8 Å². The quantitative estimate of drug-likeness (QED) is 0.800. The van der Waals surface area contributed by atoms with Gasteiger partial charge in [-0.1, -0.05) is 19.1 Å². The van der Waals surface area contributed by atoms with Crippen LogP contribution in [0.25, 0.3) is 0 Å². The molecular formula is C17H24N2OS. The third-order valence-electron chi connectivity index (χ3n) is 3.74. The molecule has 0 saturated carbocycles. The van der Waals surface area contributed by atoms with Gasteiger partial charge < -0.3 is 10.1 Å². The Bertz CT molecular complexity index is 524. The number of hydrogen-bond acceptors (Lipinski definition) is 4. The molecule has 3 nitrogen and oxygen atoms in total. The van der Waals surface area contributed by atoms with Crippen LogP contribution >= 0.6 is 11.3 Å². The summed E-state index contributed by atoms with van der Waals surface area (Å²) in [7, 11) is 1.70. The Morgan fingerprint density at radius 3 is 2.62 bits per heavy atom. The highest BCUT2D eigenvalue weighted by Gasteiger charge is 2.27. The van der Waals surface area contributed by atoms with Crippen LogP contribution in [0, 0.1) is 0 Å². The molecule has 0 amide bonds. The minimum absolute atomic E-state index is 0.0515. The molecule has 0 fully saturated rings. The van der Waals surface area contributed by atoms with Gasteiger partial charge in [-0.25, -0.2) is 4.98 Å². The summed E-state index contributed by atoms with van der Waals surface area (Å²) < 4.78 is 5.21. The lowest BCUT2D eigenvalue weighted by Crippen LogP contribution is -2.40. The van der Waals surface area contributed by atoms with Gasteiger partial charge in [-0.2, -0.15) is 0 Å².